The van der Waals surface area contributed by atoms with Crippen LogP contribution in [0.1, 0.15) is 10.4 Å². The minimum atomic E-state index is -1.01. The Morgan fingerprint density at radius 2 is 1.70 bits per heavy atom. The average molecular weight is 441 g/mol. The van der Waals surface area contributed by atoms with Crippen LogP contribution in [0.15, 0.2) is 39.3 Å². The molecule has 0 saturated carbocycles. The molecule has 7 heteroatoms. The van der Waals surface area contributed by atoms with E-state index in [1.807, 2.05) is 0 Å². The summed E-state index contributed by atoms with van der Waals surface area (Å²) in [7, 11) is 0. The summed E-state index contributed by atoms with van der Waals surface area (Å²) in [6.45, 7) is 0. The fourth-order valence-electron chi connectivity index (χ4n) is 1.42. The molecule has 0 aliphatic rings. The molecule has 3 nitrogen and oxygen atoms in total. The highest BCUT2D eigenvalue weighted by atomic mass is 79.9. The Hall–Kier alpha value is -0.750. The third-order valence-corrected chi connectivity index (χ3v) is 4.49. The number of halogens is 4. The van der Waals surface area contributed by atoms with Gasteiger partial charge in [-0.2, -0.15) is 0 Å². The third-order valence-electron chi connectivity index (χ3n) is 2.37. The average Bonchev–Trinajstić information content (AvgIpc) is 2.37. The Morgan fingerprint density at radius 3 is 2.30 bits per heavy atom. The van der Waals surface area contributed by atoms with E-state index in [1.165, 1.54) is 12.1 Å². The Labute approximate surface area is 141 Å². The summed E-state index contributed by atoms with van der Waals surface area (Å²) in [5.74, 6) is -0.194. The molecule has 0 spiro atoms. The van der Waals surface area contributed by atoms with E-state index in [2.05, 4.69) is 31.9 Å². The predicted octanol–water partition coefficient (Wildman–Crippen LogP) is 6.01. The summed E-state index contributed by atoms with van der Waals surface area (Å²) in [6.07, 6.45) is 0. The first kappa shape index (κ1) is 15.6. The number of benzene rings is 2. The lowest BCUT2D eigenvalue weighted by atomic mass is 10.2. The van der Waals surface area contributed by atoms with E-state index in [4.69, 9.17) is 33.0 Å². The van der Waals surface area contributed by atoms with Crippen molar-refractivity contribution in [3.05, 3.63) is 54.9 Å². The molecule has 1 N–H and O–H groups in total. The maximum Gasteiger partial charge on any atom is 0.335 e. The topological polar surface area (TPSA) is 46.5 Å². The molecule has 2 aromatic carbocycles. The summed E-state index contributed by atoms with van der Waals surface area (Å²) in [5, 5.41) is 9.74. The van der Waals surface area contributed by atoms with Crippen molar-refractivity contribution in [1.82, 2.24) is 0 Å². The predicted molar refractivity (Wildman–Crippen MR) is 85.3 cm³/mol. The summed E-state index contributed by atoms with van der Waals surface area (Å²) >= 11 is 18.6. The van der Waals surface area contributed by atoms with Crippen LogP contribution in [0.5, 0.6) is 11.5 Å². The van der Waals surface area contributed by atoms with Crippen LogP contribution >= 0.6 is 55.1 Å². The van der Waals surface area contributed by atoms with Crippen molar-refractivity contribution < 1.29 is 14.6 Å². The van der Waals surface area contributed by atoms with Crippen molar-refractivity contribution in [1.29, 1.82) is 0 Å². The number of carboxylic acids is 1. The number of hydrogen-bond donors (Lipinski definition) is 1. The van der Waals surface area contributed by atoms with Crippen molar-refractivity contribution in [3.8, 4) is 11.5 Å². The normalized spacial score (nSPS) is 10.4. The van der Waals surface area contributed by atoms with Gasteiger partial charge in [-0.25, -0.2) is 4.79 Å². The number of aromatic carboxylic acids is 1. The number of carboxylic acid groups (broad SMARTS) is 1. The SMILES string of the molecule is O=C(O)c1ccc(Oc2cc(Cl)c(Br)cc2Cl)c(Br)c1. The molecule has 0 aliphatic heterocycles. The maximum atomic E-state index is 10.9. The Balaban J connectivity index is 2.35. The number of hydrogen-bond acceptors (Lipinski definition) is 2. The van der Waals surface area contributed by atoms with Crippen LogP contribution in [-0.4, -0.2) is 11.1 Å². The summed E-state index contributed by atoms with van der Waals surface area (Å²) in [5.41, 5.74) is 0.157. The van der Waals surface area contributed by atoms with Crippen molar-refractivity contribution in [3.63, 3.8) is 0 Å². The van der Waals surface area contributed by atoms with Gasteiger partial charge in [0.15, 0.2) is 0 Å². The van der Waals surface area contributed by atoms with Gasteiger partial charge in [0.2, 0.25) is 0 Å². The van der Waals surface area contributed by atoms with Crippen molar-refractivity contribution >= 4 is 61.0 Å². The molecular formula is C13H6Br2Cl2O3. The fourth-order valence-corrected chi connectivity index (χ4v) is 2.71. The van der Waals surface area contributed by atoms with Crippen LogP contribution in [0.25, 0.3) is 0 Å². The summed E-state index contributed by atoms with van der Waals surface area (Å²) in [4.78, 5) is 10.9. The Morgan fingerprint density at radius 1 is 1.00 bits per heavy atom. The van der Waals surface area contributed by atoms with Gasteiger partial charge >= 0.3 is 5.97 Å². The summed E-state index contributed by atoms with van der Waals surface area (Å²) in [6, 6.07) is 7.63. The zero-order chi connectivity index (χ0) is 14.9. The Kier molecular flexibility index (Phi) is 4.96. The molecule has 0 radical (unpaired) electrons. The van der Waals surface area contributed by atoms with Crippen molar-refractivity contribution in [2.45, 2.75) is 0 Å². The monoisotopic (exact) mass is 438 g/mol. The molecule has 0 unspecified atom stereocenters. The second kappa shape index (κ2) is 6.35. The molecule has 0 heterocycles. The van der Waals surface area contributed by atoms with Gasteiger partial charge in [-0.15, -0.1) is 0 Å². The van der Waals surface area contributed by atoms with Gasteiger partial charge in [0.1, 0.15) is 11.5 Å². The lowest BCUT2D eigenvalue weighted by Gasteiger charge is -2.11. The van der Waals surface area contributed by atoms with Crippen LogP contribution in [-0.2, 0) is 0 Å². The lowest BCUT2D eigenvalue weighted by Crippen LogP contribution is -1.96. The van der Waals surface area contributed by atoms with Gasteiger partial charge in [-0.05, 0) is 56.1 Å². The highest BCUT2D eigenvalue weighted by molar-refractivity contribution is 9.10. The molecule has 0 aromatic heterocycles. The molecule has 0 atom stereocenters. The number of carbonyl (C=O) groups is 1. The van der Waals surface area contributed by atoms with E-state index in [-0.39, 0.29) is 5.56 Å². The molecule has 0 saturated heterocycles. The van der Waals surface area contributed by atoms with Crippen LogP contribution < -0.4 is 4.74 Å². The van der Waals surface area contributed by atoms with Crippen molar-refractivity contribution in [2.24, 2.45) is 0 Å². The minimum absolute atomic E-state index is 0.157. The standard InChI is InChI=1S/C13H6Br2Cl2O3/c14-7-4-10(17)12(5-9(7)16)20-11-2-1-6(13(18)19)3-8(11)15/h1-5H,(H,18,19). The van der Waals surface area contributed by atoms with Crippen LogP contribution in [0.3, 0.4) is 0 Å². The maximum absolute atomic E-state index is 10.9. The first-order valence-corrected chi connectivity index (χ1v) is 7.58. The second-order valence-electron chi connectivity index (χ2n) is 3.75. The van der Waals surface area contributed by atoms with E-state index in [1.54, 1.807) is 18.2 Å². The van der Waals surface area contributed by atoms with Crippen LogP contribution in [0, 0.1) is 0 Å². The largest absolute Gasteiger partial charge is 0.478 e. The third kappa shape index (κ3) is 3.47. The molecule has 0 bridgehead atoms. The number of ether oxygens (including phenoxy) is 1. The molecule has 0 aliphatic carbocycles. The molecular weight excluding hydrogens is 435 g/mol. The van der Waals surface area contributed by atoms with Gasteiger partial charge in [-0.1, -0.05) is 23.2 Å². The molecule has 104 valence electrons. The van der Waals surface area contributed by atoms with E-state index < -0.39 is 5.97 Å². The van der Waals surface area contributed by atoms with Gasteiger partial charge in [-0.3, -0.25) is 0 Å². The molecule has 2 aromatic rings. The summed E-state index contributed by atoms with van der Waals surface area (Å²) < 4.78 is 6.80. The fraction of sp³-hybridized carbons (Fsp3) is 0. The Bertz CT molecular complexity index is 690. The first-order valence-electron chi connectivity index (χ1n) is 5.23. The molecule has 0 fully saturated rings. The highest BCUT2D eigenvalue weighted by Gasteiger charge is 2.12. The van der Waals surface area contributed by atoms with Gasteiger partial charge in [0, 0.05) is 10.5 Å². The van der Waals surface area contributed by atoms with Gasteiger partial charge in [0.25, 0.3) is 0 Å². The molecule has 0 amide bonds. The quantitative estimate of drug-likeness (QED) is 0.594. The van der Waals surface area contributed by atoms with E-state index >= 15 is 0 Å². The van der Waals surface area contributed by atoms with Gasteiger partial charge in [0.05, 0.1) is 20.1 Å². The van der Waals surface area contributed by atoms with Crippen molar-refractivity contribution in [2.75, 3.05) is 0 Å². The van der Waals surface area contributed by atoms with E-state index in [9.17, 15) is 4.79 Å². The molecule has 20 heavy (non-hydrogen) atoms. The lowest BCUT2D eigenvalue weighted by molar-refractivity contribution is 0.0697. The van der Waals surface area contributed by atoms with E-state index in [0.717, 1.165) is 0 Å². The van der Waals surface area contributed by atoms with Crippen LogP contribution in [0.4, 0.5) is 0 Å². The zero-order valence-corrected chi connectivity index (χ0v) is 14.3. The minimum Gasteiger partial charge on any atom is -0.478 e. The second-order valence-corrected chi connectivity index (χ2v) is 6.27. The first-order chi connectivity index (χ1) is 9.38. The van der Waals surface area contributed by atoms with E-state index in [0.29, 0.717) is 30.5 Å². The smallest absolute Gasteiger partial charge is 0.335 e. The van der Waals surface area contributed by atoms with Gasteiger partial charge < -0.3 is 9.84 Å². The zero-order valence-electron chi connectivity index (χ0n) is 9.66. The highest BCUT2D eigenvalue weighted by Crippen LogP contribution is 2.38. The number of rotatable bonds is 3. The molecule has 2 rings (SSSR count). The van der Waals surface area contributed by atoms with Crippen LogP contribution in [0.2, 0.25) is 10.0 Å².